The van der Waals surface area contributed by atoms with E-state index >= 15 is 0 Å². The van der Waals surface area contributed by atoms with E-state index in [0.717, 1.165) is 22.9 Å². The van der Waals surface area contributed by atoms with Crippen LogP contribution in [0, 0.1) is 6.92 Å². The zero-order valence-corrected chi connectivity index (χ0v) is 27.1. The minimum Gasteiger partial charge on any atom is -0.350 e. The Labute approximate surface area is 259 Å². The Morgan fingerprint density at radius 2 is 1.60 bits per heavy atom. The lowest BCUT2D eigenvalue weighted by atomic mass is 10.00. The maximum atomic E-state index is 13.9. The van der Waals surface area contributed by atoms with E-state index in [4.69, 9.17) is 23.2 Å². The molecular formula is C32H39Cl2N3O4S. The summed E-state index contributed by atoms with van der Waals surface area (Å²) in [6.07, 6.45) is 1.75. The molecule has 7 nitrogen and oxygen atoms in total. The molecule has 0 aliphatic heterocycles. The highest BCUT2D eigenvalue weighted by Gasteiger charge is 2.32. The number of nitrogens with zero attached hydrogens (tertiary/aromatic N) is 2. The molecule has 3 aromatic carbocycles. The Hall–Kier alpha value is -3.07. The van der Waals surface area contributed by atoms with E-state index in [9.17, 15) is 18.0 Å². The van der Waals surface area contributed by atoms with Crippen LogP contribution in [0.15, 0.2) is 72.8 Å². The average molecular weight is 633 g/mol. The first-order valence-electron chi connectivity index (χ1n) is 13.8. The normalized spacial score (nSPS) is 12.5. The lowest BCUT2D eigenvalue weighted by Gasteiger charge is -2.34. The van der Waals surface area contributed by atoms with Crippen molar-refractivity contribution in [1.29, 1.82) is 0 Å². The quantitative estimate of drug-likeness (QED) is 0.250. The molecule has 42 heavy (non-hydrogen) atoms. The first-order chi connectivity index (χ1) is 19.6. The molecule has 0 saturated heterocycles. The number of carbonyl (C=O) groups is 2. The number of nitrogens with one attached hydrogen (secondary N) is 1. The van der Waals surface area contributed by atoms with Crippen LogP contribution in [0.3, 0.4) is 0 Å². The van der Waals surface area contributed by atoms with Gasteiger partial charge in [0, 0.05) is 31.5 Å². The van der Waals surface area contributed by atoms with Crippen LogP contribution >= 0.6 is 23.2 Å². The summed E-state index contributed by atoms with van der Waals surface area (Å²) in [5.74, 6) is -0.555. The van der Waals surface area contributed by atoms with Gasteiger partial charge in [0.25, 0.3) is 0 Å². The number of carbonyl (C=O) groups excluding carboxylic acids is 2. The highest BCUT2D eigenvalue weighted by atomic mass is 35.5. The third-order valence-corrected chi connectivity index (χ3v) is 8.48. The highest BCUT2D eigenvalue weighted by Crippen LogP contribution is 2.25. The number of aryl methyl sites for hydroxylation is 1. The van der Waals surface area contributed by atoms with Crippen LogP contribution in [0.5, 0.6) is 0 Å². The molecule has 0 aromatic heterocycles. The van der Waals surface area contributed by atoms with Crippen molar-refractivity contribution in [3.05, 3.63) is 99.5 Å². The van der Waals surface area contributed by atoms with Gasteiger partial charge in [0.1, 0.15) is 6.04 Å². The van der Waals surface area contributed by atoms with E-state index in [1.165, 1.54) is 4.31 Å². The van der Waals surface area contributed by atoms with Gasteiger partial charge in [-0.3, -0.25) is 13.9 Å². The van der Waals surface area contributed by atoms with Crippen molar-refractivity contribution in [3.8, 4) is 0 Å². The van der Waals surface area contributed by atoms with Crippen molar-refractivity contribution in [2.24, 2.45) is 0 Å². The first kappa shape index (κ1) is 33.4. The molecule has 0 aliphatic carbocycles. The van der Waals surface area contributed by atoms with Gasteiger partial charge in [0.05, 0.1) is 22.0 Å². The van der Waals surface area contributed by atoms with Crippen LogP contribution in [0.2, 0.25) is 10.0 Å². The van der Waals surface area contributed by atoms with Gasteiger partial charge in [-0.25, -0.2) is 8.42 Å². The second-order valence-corrected chi connectivity index (χ2v) is 14.2. The number of amides is 2. The second kappa shape index (κ2) is 14.4. The Morgan fingerprint density at radius 1 is 0.905 bits per heavy atom. The van der Waals surface area contributed by atoms with Gasteiger partial charge >= 0.3 is 0 Å². The van der Waals surface area contributed by atoms with Gasteiger partial charge in [-0.15, -0.1) is 0 Å². The maximum absolute atomic E-state index is 13.9. The van der Waals surface area contributed by atoms with Crippen LogP contribution in [-0.4, -0.2) is 49.5 Å². The summed E-state index contributed by atoms with van der Waals surface area (Å²) in [5, 5.41) is 3.77. The minimum atomic E-state index is -3.58. The molecule has 226 valence electrons. The van der Waals surface area contributed by atoms with Gasteiger partial charge in [0.2, 0.25) is 21.8 Å². The van der Waals surface area contributed by atoms with E-state index in [-0.39, 0.29) is 37.7 Å². The summed E-state index contributed by atoms with van der Waals surface area (Å²) in [6, 6.07) is 21.1. The average Bonchev–Trinajstić information content (AvgIpc) is 2.89. The van der Waals surface area contributed by atoms with E-state index in [1.807, 2.05) is 64.1 Å². The molecule has 0 radical (unpaired) electrons. The number of rotatable bonds is 12. The van der Waals surface area contributed by atoms with Crippen molar-refractivity contribution in [3.63, 3.8) is 0 Å². The Kier molecular flexibility index (Phi) is 11.5. The fourth-order valence-corrected chi connectivity index (χ4v) is 5.91. The molecule has 0 heterocycles. The number of hydrogen-bond acceptors (Lipinski definition) is 4. The molecular weight excluding hydrogens is 593 g/mol. The topological polar surface area (TPSA) is 86.8 Å². The lowest BCUT2D eigenvalue weighted by molar-refractivity contribution is -0.142. The molecule has 0 spiro atoms. The largest absolute Gasteiger partial charge is 0.350 e. The summed E-state index contributed by atoms with van der Waals surface area (Å²) in [6.45, 7) is 7.80. The standard InChI is InChI=1S/C32H39Cl2N3O4S/c1-23-11-9-14-26(19-23)37(42(5,40)41)18-10-15-30(38)36(22-25-16-17-27(33)28(34)20-25)29(31(39)35-32(2,3)4)21-24-12-7-6-8-13-24/h6-9,11-14,16-17,19-20,29H,10,15,18,21-22H2,1-5H3,(H,35,39)/t29-/m1/s1. The van der Waals surface area contributed by atoms with Gasteiger partial charge in [-0.05, 0) is 75.1 Å². The second-order valence-electron chi connectivity index (χ2n) is 11.5. The molecule has 0 aliphatic rings. The summed E-state index contributed by atoms with van der Waals surface area (Å²) in [4.78, 5) is 29.2. The number of halogens is 2. The molecule has 0 saturated carbocycles. The molecule has 10 heteroatoms. The summed E-state index contributed by atoms with van der Waals surface area (Å²) in [7, 11) is -3.58. The number of benzene rings is 3. The van der Waals surface area contributed by atoms with Crippen molar-refractivity contribution in [1.82, 2.24) is 10.2 Å². The first-order valence-corrected chi connectivity index (χ1v) is 16.4. The van der Waals surface area contributed by atoms with Crippen LogP contribution in [0.4, 0.5) is 5.69 Å². The van der Waals surface area contributed by atoms with Crippen molar-refractivity contribution >= 4 is 50.7 Å². The third kappa shape index (κ3) is 10.0. The zero-order chi connectivity index (χ0) is 31.1. The number of hydrogen-bond donors (Lipinski definition) is 1. The summed E-state index contributed by atoms with van der Waals surface area (Å²) in [5.41, 5.74) is 2.58. The third-order valence-electron chi connectivity index (χ3n) is 6.55. The molecule has 1 atom stereocenters. The van der Waals surface area contributed by atoms with Crippen LogP contribution in [-0.2, 0) is 32.6 Å². The predicted octanol–water partition coefficient (Wildman–Crippen LogP) is 6.40. The molecule has 3 rings (SSSR count). The van der Waals surface area contributed by atoms with Crippen LogP contribution in [0.25, 0.3) is 0 Å². The number of sulfonamides is 1. The van der Waals surface area contributed by atoms with Crippen molar-refractivity contribution in [2.75, 3.05) is 17.1 Å². The molecule has 0 unspecified atom stereocenters. The summed E-state index contributed by atoms with van der Waals surface area (Å²) >= 11 is 12.4. The van der Waals surface area contributed by atoms with Crippen LogP contribution < -0.4 is 9.62 Å². The van der Waals surface area contributed by atoms with Crippen LogP contribution in [0.1, 0.15) is 50.3 Å². The molecule has 2 amide bonds. The fraction of sp³-hybridized carbons (Fsp3) is 0.375. The Balaban J connectivity index is 1.93. The van der Waals surface area contributed by atoms with Gasteiger partial charge in [-0.1, -0.05) is 71.7 Å². The highest BCUT2D eigenvalue weighted by molar-refractivity contribution is 7.92. The minimum absolute atomic E-state index is 0.0350. The van der Waals surface area contributed by atoms with Gasteiger partial charge in [0.15, 0.2) is 0 Å². The molecule has 0 fully saturated rings. The van der Waals surface area contributed by atoms with E-state index in [1.54, 1.807) is 41.3 Å². The smallest absolute Gasteiger partial charge is 0.243 e. The van der Waals surface area contributed by atoms with Gasteiger partial charge in [-0.2, -0.15) is 0 Å². The molecule has 0 bridgehead atoms. The van der Waals surface area contributed by atoms with E-state index < -0.39 is 21.6 Å². The fourth-order valence-electron chi connectivity index (χ4n) is 4.63. The predicted molar refractivity (Wildman–Crippen MR) is 171 cm³/mol. The van der Waals surface area contributed by atoms with Gasteiger partial charge < -0.3 is 10.2 Å². The lowest BCUT2D eigenvalue weighted by Crippen LogP contribution is -2.54. The van der Waals surface area contributed by atoms with E-state index in [0.29, 0.717) is 22.2 Å². The Morgan fingerprint density at radius 3 is 2.19 bits per heavy atom. The monoisotopic (exact) mass is 631 g/mol. The Bertz CT molecular complexity index is 1490. The maximum Gasteiger partial charge on any atom is 0.243 e. The molecule has 1 N–H and O–H groups in total. The van der Waals surface area contributed by atoms with Crippen molar-refractivity contribution < 1.29 is 18.0 Å². The SMILES string of the molecule is Cc1cccc(N(CCCC(=O)N(Cc2ccc(Cl)c(Cl)c2)[C@H](Cc2ccccc2)C(=O)NC(C)(C)C)S(C)(=O)=O)c1. The summed E-state index contributed by atoms with van der Waals surface area (Å²) < 4.78 is 26.6. The number of anilines is 1. The van der Waals surface area contributed by atoms with Crippen molar-refractivity contribution in [2.45, 2.75) is 65.1 Å². The zero-order valence-electron chi connectivity index (χ0n) is 24.7. The molecule has 3 aromatic rings. The van der Waals surface area contributed by atoms with E-state index in [2.05, 4.69) is 5.32 Å².